The predicted octanol–water partition coefficient (Wildman–Crippen LogP) is 2.47. The highest BCUT2D eigenvalue weighted by Crippen LogP contribution is 2.18. The van der Waals surface area contributed by atoms with Gasteiger partial charge < -0.3 is 10.1 Å². The van der Waals surface area contributed by atoms with Gasteiger partial charge in [0, 0.05) is 23.3 Å². The van der Waals surface area contributed by atoms with Gasteiger partial charge in [-0.2, -0.15) is 4.98 Å². The summed E-state index contributed by atoms with van der Waals surface area (Å²) in [6.07, 6.45) is 4.21. The smallest absolute Gasteiger partial charge is 0.243 e. The molecule has 0 bridgehead atoms. The zero-order valence-electron chi connectivity index (χ0n) is 10.1. The third-order valence-electron chi connectivity index (χ3n) is 3.11. The Bertz CT molecular complexity index is 556. The van der Waals surface area contributed by atoms with E-state index in [2.05, 4.69) is 38.3 Å². The van der Waals surface area contributed by atoms with Crippen molar-refractivity contribution in [2.24, 2.45) is 0 Å². The van der Waals surface area contributed by atoms with Crippen molar-refractivity contribution in [3.05, 3.63) is 22.8 Å². The molecule has 1 aliphatic rings. The highest BCUT2D eigenvalue weighted by Gasteiger charge is 2.20. The first-order valence-corrected chi connectivity index (χ1v) is 6.90. The van der Waals surface area contributed by atoms with E-state index in [9.17, 15) is 0 Å². The molecule has 2 unspecified atom stereocenters. The molecule has 0 aliphatic carbocycles. The number of rotatable bonds is 2. The fourth-order valence-corrected chi connectivity index (χ4v) is 2.56. The van der Waals surface area contributed by atoms with E-state index in [1.165, 1.54) is 0 Å². The van der Waals surface area contributed by atoms with Crippen molar-refractivity contribution in [2.45, 2.75) is 31.9 Å². The fraction of sp³-hybridized carbons (Fsp3) is 0.500. The number of nitrogens with zero attached hydrogens (tertiary/aromatic N) is 3. The third kappa shape index (κ3) is 2.49. The Morgan fingerprint density at radius 2 is 2.39 bits per heavy atom. The van der Waals surface area contributed by atoms with Crippen LogP contribution in [0.2, 0.25) is 0 Å². The van der Waals surface area contributed by atoms with E-state index < -0.39 is 0 Å². The molecule has 1 fully saturated rings. The van der Waals surface area contributed by atoms with Crippen LogP contribution in [-0.4, -0.2) is 33.4 Å². The number of anilines is 1. The van der Waals surface area contributed by atoms with Gasteiger partial charge in [0.25, 0.3) is 0 Å². The molecule has 18 heavy (non-hydrogen) atoms. The number of fused-ring (bicyclic) bond motifs is 1. The molecular weight excluding hydrogens is 296 g/mol. The Hall–Kier alpha value is -1.14. The van der Waals surface area contributed by atoms with Crippen molar-refractivity contribution in [3.63, 3.8) is 0 Å². The van der Waals surface area contributed by atoms with Crippen molar-refractivity contribution >= 4 is 27.5 Å². The first-order valence-electron chi connectivity index (χ1n) is 6.11. The van der Waals surface area contributed by atoms with E-state index in [1.807, 2.05) is 18.3 Å². The van der Waals surface area contributed by atoms with Crippen LogP contribution in [0.25, 0.3) is 5.65 Å². The van der Waals surface area contributed by atoms with E-state index in [1.54, 1.807) is 4.52 Å². The van der Waals surface area contributed by atoms with Crippen molar-refractivity contribution < 1.29 is 4.74 Å². The van der Waals surface area contributed by atoms with Crippen LogP contribution in [0.15, 0.2) is 22.8 Å². The van der Waals surface area contributed by atoms with E-state index in [4.69, 9.17) is 4.74 Å². The average Bonchev–Trinajstić information content (AvgIpc) is 2.70. The number of nitrogens with one attached hydrogen (secondary N) is 1. The standard InChI is InChI=1S/C12H15BrN4O/c1-8-6-10(4-5-18-8)14-12-15-11-3-2-9(13)7-17(11)16-12/h2-3,7-8,10H,4-6H2,1H3,(H,14,16). The highest BCUT2D eigenvalue weighted by molar-refractivity contribution is 9.10. The number of ether oxygens (including phenoxy) is 1. The summed E-state index contributed by atoms with van der Waals surface area (Å²) in [5.74, 6) is 0.687. The van der Waals surface area contributed by atoms with Crippen LogP contribution in [-0.2, 0) is 4.74 Å². The first kappa shape index (κ1) is 11.9. The first-order chi connectivity index (χ1) is 8.70. The molecule has 0 amide bonds. The van der Waals surface area contributed by atoms with Gasteiger partial charge in [0.2, 0.25) is 5.95 Å². The summed E-state index contributed by atoms with van der Waals surface area (Å²) in [7, 11) is 0. The van der Waals surface area contributed by atoms with Gasteiger partial charge in [-0.3, -0.25) is 0 Å². The van der Waals surface area contributed by atoms with E-state index in [0.717, 1.165) is 29.6 Å². The number of hydrogen-bond donors (Lipinski definition) is 1. The quantitative estimate of drug-likeness (QED) is 0.926. The average molecular weight is 311 g/mol. The largest absolute Gasteiger partial charge is 0.378 e. The van der Waals surface area contributed by atoms with Crippen LogP contribution in [0.1, 0.15) is 19.8 Å². The molecule has 2 aromatic rings. The highest BCUT2D eigenvalue weighted by atomic mass is 79.9. The van der Waals surface area contributed by atoms with E-state index in [-0.39, 0.29) is 0 Å². The van der Waals surface area contributed by atoms with Crippen molar-refractivity contribution in [3.8, 4) is 0 Å². The van der Waals surface area contributed by atoms with Crippen LogP contribution in [0.4, 0.5) is 5.95 Å². The molecule has 0 radical (unpaired) electrons. The summed E-state index contributed by atoms with van der Waals surface area (Å²) < 4.78 is 8.29. The summed E-state index contributed by atoms with van der Waals surface area (Å²) in [4.78, 5) is 4.45. The Kier molecular flexibility index (Phi) is 3.22. The lowest BCUT2D eigenvalue weighted by atomic mass is 10.0. The topological polar surface area (TPSA) is 51.5 Å². The summed E-state index contributed by atoms with van der Waals surface area (Å²) >= 11 is 3.42. The minimum Gasteiger partial charge on any atom is -0.378 e. The zero-order chi connectivity index (χ0) is 12.5. The molecule has 96 valence electrons. The van der Waals surface area contributed by atoms with Crippen LogP contribution >= 0.6 is 15.9 Å². The number of pyridine rings is 1. The molecule has 2 aromatic heterocycles. The van der Waals surface area contributed by atoms with Gasteiger partial charge in [-0.05, 0) is 47.8 Å². The molecule has 5 nitrogen and oxygen atoms in total. The maximum absolute atomic E-state index is 5.53. The van der Waals surface area contributed by atoms with Gasteiger partial charge >= 0.3 is 0 Å². The zero-order valence-corrected chi connectivity index (χ0v) is 11.7. The fourth-order valence-electron chi connectivity index (χ4n) is 2.23. The molecule has 1 saturated heterocycles. The summed E-state index contributed by atoms with van der Waals surface area (Å²) in [5, 5.41) is 7.80. The second-order valence-corrected chi connectivity index (χ2v) is 5.55. The Morgan fingerprint density at radius 3 is 3.22 bits per heavy atom. The maximum atomic E-state index is 5.53. The van der Waals surface area contributed by atoms with Crippen molar-refractivity contribution in [2.75, 3.05) is 11.9 Å². The summed E-state index contributed by atoms with van der Waals surface area (Å²) in [5.41, 5.74) is 0.848. The van der Waals surface area contributed by atoms with Gasteiger partial charge in [0.15, 0.2) is 5.65 Å². The van der Waals surface area contributed by atoms with Gasteiger partial charge in [-0.25, -0.2) is 4.52 Å². The molecule has 3 heterocycles. The summed E-state index contributed by atoms with van der Waals surface area (Å²) in [6, 6.07) is 4.30. The van der Waals surface area contributed by atoms with Gasteiger partial charge in [-0.15, -0.1) is 5.10 Å². The van der Waals surface area contributed by atoms with Crippen LogP contribution in [0.3, 0.4) is 0 Å². The van der Waals surface area contributed by atoms with E-state index in [0.29, 0.717) is 18.1 Å². The molecule has 1 aliphatic heterocycles. The second-order valence-electron chi connectivity index (χ2n) is 4.63. The molecule has 3 rings (SSSR count). The van der Waals surface area contributed by atoms with Gasteiger partial charge in [0.1, 0.15) is 0 Å². The normalized spacial score (nSPS) is 24.3. The lowest BCUT2D eigenvalue weighted by molar-refractivity contribution is 0.0231. The number of hydrogen-bond acceptors (Lipinski definition) is 4. The second kappa shape index (κ2) is 4.85. The van der Waals surface area contributed by atoms with Gasteiger partial charge in [0.05, 0.1) is 6.10 Å². The number of aromatic nitrogens is 3. The lowest BCUT2D eigenvalue weighted by Gasteiger charge is -2.27. The molecule has 0 aromatic carbocycles. The van der Waals surface area contributed by atoms with Crippen molar-refractivity contribution in [1.82, 2.24) is 14.6 Å². The molecule has 2 atom stereocenters. The third-order valence-corrected chi connectivity index (χ3v) is 3.58. The van der Waals surface area contributed by atoms with Crippen molar-refractivity contribution in [1.29, 1.82) is 0 Å². The molecule has 0 spiro atoms. The molecule has 1 N–H and O–H groups in total. The number of halogens is 1. The van der Waals surface area contributed by atoms with Crippen LogP contribution < -0.4 is 5.32 Å². The SMILES string of the molecule is CC1CC(Nc2nc3ccc(Br)cn3n2)CCO1. The Labute approximate surface area is 114 Å². The minimum absolute atomic E-state index is 0.308. The predicted molar refractivity (Wildman–Crippen MR) is 72.7 cm³/mol. The molecule has 6 heteroatoms. The lowest BCUT2D eigenvalue weighted by Crippen LogP contribution is -2.32. The summed E-state index contributed by atoms with van der Waals surface area (Å²) in [6.45, 7) is 2.90. The molecule has 0 saturated carbocycles. The van der Waals surface area contributed by atoms with Gasteiger partial charge in [-0.1, -0.05) is 0 Å². The Balaban J connectivity index is 1.78. The molecular formula is C12H15BrN4O. The maximum Gasteiger partial charge on any atom is 0.243 e. The van der Waals surface area contributed by atoms with Crippen LogP contribution in [0, 0.1) is 0 Å². The minimum atomic E-state index is 0.308. The monoisotopic (exact) mass is 310 g/mol. The van der Waals surface area contributed by atoms with E-state index >= 15 is 0 Å². The Morgan fingerprint density at radius 1 is 1.50 bits per heavy atom. The van der Waals surface area contributed by atoms with Crippen LogP contribution in [0.5, 0.6) is 0 Å².